The topological polar surface area (TPSA) is 41.6 Å². The van der Waals surface area contributed by atoms with Gasteiger partial charge >= 0.3 is 6.09 Å². The van der Waals surface area contributed by atoms with E-state index < -0.39 is 5.60 Å². The number of piperidine rings is 1. The Morgan fingerprint density at radius 3 is 2.42 bits per heavy atom. The number of aryl methyl sites for hydroxylation is 1. The minimum absolute atomic E-state index is 0.160. The Kier molecular flexibility index (Phi) is 4.69. The molecule has 132 valence electrons. The zero-order valence-electron chi connectivity index (χ0n) is 14.9. The molecule has 0 saturated carbocycles. The minimum Gasteiger partial charge on any atom is -0.444 e. The van der Waals surface area contributed by atoms with Crippen molar-refractivity contribution in [1.29, 1.82) is 0 Å². The number of anilines is 1. The second-order valence-corrected chi connectivity index (χ2v) is 8.46. The Morgan fingerprint density at radius 2 is 1.88 bits per heavy atom. The Balaban J connectivity index is 1.64. The number of halogens is 1. The summed E-state index contributed by atoms with van der Waals surface area (Å²) in [6.07, 6.45) is 3.89. The van der Waals surface area contributed by atoms with Crippen LogP contribution in [0.5, 0.6) is 0 Å². The summed E-state index contributed by atoms with van der Waals surface area (Å²) in [6.45, 7) is 7.76. The van der Waals surface area contributed by atoms with E-state index in [0.717, 1.165) is 42.0 Å². The van der Waals surface area contributed by atoms with Gasteiger partial charge in [0.05, 0.1) is 0 Å². The number of carbonyl (C=O) groups is 1. The molecule has 3 rings (SSSR count). The van der Waals surface area contributed by atoms with Crippen molar-refractivity contribution in [1.82, 2.24) is 4.90 Å². The number of nitrogens with zero attached hydrogens (tertiary/aromatic N) is 1. The zero-order chi connectivity index (χ0) is 17.5. The van der Waals surface area contributed by atoms with Crippen LogP contribution in [0, 0.1) is 6.92 Å². The lowest BCUT2D eigenvalue weighted by molar-refractivity contribution is 0.00684. The molecule has 2 aliphatic heterocycles. The Labute approximate surface area is 149 Å². The van der Waals surface area contributed by atoms with Gasteiger partial charge in [0.25, 0.3) is 0 Å². The first-order chi connectivity index (χ1) is 11.2. The normalized spacial score (nSPS) is 26.4. The molecular formula is C19H27ClN2O2. The van der Waals surface area contributed by atoms with Crippen molar-refractivity contribution in [3.8, 4) is 0 Å². The van der Waals surface area contributed by atoms with E-state index in [9.17, 15) is 4.79 Å². The predicted octanol–water partition coefficient (Wildman–Crippen LogP) is 4.99. The second kappa shape index (κ2) is 6.47. The maximum absolute atomic E-state index is 12.5. The van der Waals surface area contributed by atoms with Crippen LogP contribution in [0.15, 0.2) is 18.2 Å². The van der Waals surface area contributed by atoms with Crippen LogP contribution in [0.1, 0.15) is 52.0 Å². The molecule has 0 aliphatic carbocycles. The van der Waals surface area contributed by atoms with Crippen LogP contribution in [0.4, 0.5) is 10.5 Å². The first-order valence-electron chi connectivity index (χ1n) is 8.77. The van der Waals surface area contributed by atoms with Crippen LogP contribution >= 0.6 is 11.6 Å². The van der Waals surface area contributed by atoms with Gasteiger partial charge in [-0.25, -0.2) is 4.79 Å². The van der Waals surface area contributed by atoms with E-state index in [1.165, 1.54) is 0 Å². The summed E-state index contributed by atoms with van der Waals surface area (Å²) in [5.74, 6) is 0. The molecule has 2 bridgehead atoms. The monoisotopic (exact) mass is 350 g/mol. The molecule has 4 nitrogen and oxygen atoms in total. The number of hydrogen-bond donors (Lipinski definition) is 1. The maximum atomic E-state index is 12.5. The first kappa shape index (κ1) is 17.4. The van der Waals surface area contributed by atoms with Crippen molar-refractivity contribution in [3.05, 3.63) is 28.8 Å². The molecule has 1 aromatic rings. The molecule has 2 unspecified atom stereocenters. The van der Waals surface area contributed by atoms with Gasteiger partial charge in [0.2, 0.25) is 0 Å². The van der Waals surface area contributed by atoms with Crippen LogP contribution < -0.4 is 5.32 Å². The lowest BCUT2D eigenvalue weighted by Gasteiger charge is -2.40. The lowest BCUT2D eigenvalue weighted by atomic mass is 9.97. The second-order valence-electron chi connectivity index (χ2n) is 8.05. The highest BCUT2D eigenvalue weighted by Gasteiger charge is 2.44. The lowest BCUT2D eigenvalue weighted by Crippen LogP contribution is -2.51. The van der Waals surface area contributed by atoms with Gasteiger partial charge in [-0.05, 0) is 71.1 Å². The third-order valence-corrected chi connectivity index (χ3v) is 5.29. The van der Waals surface area contributed by atoms with Gasteiger partial charge in [-0.1, -0.05) is 17.7 Å². The third-order valence-electron chi connectivity index (χ3n) is 4.88. The molecular weight excluding hydrogens is 324 g/mol. The molecule has 0 aromatic heterocycles. The molecule has 5 heteroatoms. The molecule has 1 amide bonds. The number of ether oxygens (including phenoxy) is 1. The van der Waals surface area contributed by atoms with Gasteiger partial charge in [-0.2, -0.15) is 0 Å². The van der Waals surface area contributed by atoms with Gasteiger partial charge in [-0.3, -0.25) is 0 Å². The summed E-state index contributed by atoms with van der Waals surface area (Å²) in [5, 5.41) is 4.38. The van der Waals surface area contributed by atoms with Crippen molar-refractivity contribution in [3.63, 3.8) is 0 Å². The highest BCUT2D eigenvalue weighted by atomic mass is 35.5. The summed E-state index contributed by atoms with van der Waals surface area (Å²) in [4.78, 5) is 14.5. The first-order valence-corrected chi connectivity index (χ1v) is 9.15. The van der Waals surface area contributed by atoms with E-state index in [2.05, 4.69) is 11.4 Å². The molecule has 1 N–H and O–H groups in total. The Morgan fingerprint density at radius 1 is 1.25 bits per heavy atom. The number of carbonyl (C=O) groups excluding carboxylic acids is 1. The van der Waals surface area contributed by atoms with Crippen molar-refractivity contribution >= 4 is 23.4 Å². The highest BCUT2D eigenvalue weighted by molar-refractivity contribution is 6.31. The maximum Gasteiger partial charge on any atom is 0.410 e. The predicted molar refractivity (Wildman–Crippen MR) is 97.7 cm³/mol. The minimum atomic E-state index is -0.440. The Bertz CT molecular complexity index is 612. The number of amides is 1. The molecule has 2 atom stereocenters. The summed E-state index contributed by atoms with van der Waals surface area (Å²) in [6, 6.07) is 7.02. The average molecular weight is 351 g/mol. The Hall–Kier alpha value is -1.42. The molecule has 24 heavy (non-hydrogen) atoms. The highest BCUT2D eigenvalue weighted by Crippen LogP contribution is 2.38. The summed E-state index contributed by atoms with van der Waals surface area (Å²) in [7, 11) is 0. The van der Waals surface area contributed by atoms with Crippen molar-refractivity contribution in [2.45, 2.75) is 77.1 Å². The van der Waals surface area contributed by atoms with Gasteiger partial charge in [0.1, 0.15) is 5.60 Å². The van der Waals surface area contributed by atoms with E-state index in [0.29, 0.717) is 6.04 Å². The zero-order valence-corrected chi connectivity index (χ0v) is 15.7. The van der Waals surface area contributed by atoms with Gasteiger partial charge in [0.15, 0.2) is 0 Å². The van der Waals surface area contributed by atoms with Crippen LogP contribution in [0.3, 0.4) is 0 Å². The molecule has 2 fully saturated rings. The molecule has 0 spiro atoms. The largest absolute Gasteiger partial charge is 0.444 e. The van der Waals surface area contributed by atoms with E-state index in [-0.39, 0.29) is 18.2 Å². The number of hydrogen-bond acceptors (Lipinski definition) is 3. The SMILES string of the molecule is Cc1ccc(NC2CC3CCC(C2)N3C(=O)OC(C)(C)C)cc1Cl. The van der Waals surface area contributed by atoms with E-state index in [1.807, 2.05) is 44.7 Å². The summed E-state index contributed by atoms with van der Waals surface area (Å²) in [5.41, 5.74) is 1.70. The third kappa shape index (κ3) is 3.80. The van der Waals surface area contributed by atoms with Crippen molar-refractivity contribution in [2.75, 3.05) is 5.32 Å². The van der Waals surface area contributed by atoms with Crippen LogP contribution in [-0.4, -0.2) is 34.7 Å². The molecule has 2 aliphatic rings. The molecule has 1 aromatic carbocycles. The number of nitrogens with one attached hydrogen (secondary N) is 1. The van der Waals surface area contributed by atoms with Crippen LogP contribution in [0.2, 0.25) is 5.02 Å². The number of rotatable bonds is 2. The van der Waals surface area contributed by atoms with E-state index in [1.54, 1.807) is 0 Å². The van der Waals surface area contributed by atoms with Gasteiger partial charge in [0, 0.05) is 28.8 Å². The number of benzene rings is 1. The van der Waals surface area contributed by atoms with Gasteiger partial charge < -0.3 is 15.0 Å². The summed E-state index contributed by atoms with van der Waals surface area (Å²) < 4.78 is 5.59. The molecule has 0 radical (unpaired) electrons. The molecule has 2 heterocycles. The fourth-order valence-corrected chi connectivity index (χ4v) is 4.01. The summed E-state index contributed by atoms with van der Waals surface area (Å²) >= 11 is 6.22. The van der Waals surface area contributed by atoms with Crippen molar-refractivity contribution in [2.24, 2.45) is 0 Å². The fourth-order valence-electron chi connectivity index (χ4n) is 3.83. The quantitative estimate of drug-likeness (QED) is 0.816. The standard InChI is InChI=1S/C19H27ClN2O2/c1-12-5-6-13(11-17(12)20)21-14-9-15-7-8-16(10-14)22(15)18(23)24-19(2,3)4/h5-6,11,14-16,21H,7-10H2,1-4H3. The van der Waals surface area contributed by atoms with Crippen LogP contribution in [-0.2, 0) is 4.74 Å². The average Bonchev–Trinajstić information content (AvgIpc) is 2.73. The fraction of sp³-hybridized carbons (Fsp3) is 0.632. The molecule has 2 saturated heterocycles. The smallest absolute Gasteiger partial charge is 0.410 e. The van der Waals surface area contributed by atoms with Gasteiger partial charge in [-0.15, -0.1) is 0 Å². The number of fused-ring (bicyclic) bond motifs is 2. The van der Waals surface area contributed by atoms with E-state index in [4.69, 9.17) is 16.3 Å². The van der Waals surface area contributed by atoms with Crippen molar-refractivity contribution < 1.29 is 9.53 Å². The van der Waals surface area contributed by atoms with Crippen LogP contribution in [0.25, 0.3) is 0 Å². The van der Waals surface area contributed by atoms with E-state index >= 15 is 0 Å².